The SMILES string of the molecule is COc1c(F)cccc1C(=O)N1CCOC(Cc2ccccc2Cl)C1. The molecule has 1 aliphatic heterocycles. The van der Waals surface area contributed by atoms with Crippen molar-refractivity contribution in [3.63, 3.8) is 0 Å². The third-order valence-electron chi connectivity index (χ3n) is 4.23. The first-order chi connectivity index (χ1) is 12.1. The molecule has 1 atom stereocenters. The zero-order chi connectivity index (χ0) is 17.8. The summed E-state index contributed by atoms with van der Waals surface area (Å²) >= 11 is 6.20. The van der Waals surface area contributed by atoms with E-state index in [0.29, 0.717) is 31.1 Å². The van der Waals surface area contributed by atoms with Crippen molar-refractivity contribution in [2.45, 2.75) is 12.5 Å². The van der Waals surface area contributed by atoms with Gasteiger partial charge in [-0.25, -0.2) is 4.39 Å². The Balaban J connectivity index is 1.74. The number of benzene rings is 2. The summed E-state index contributed by atoms with van der Waals surface area (Å²) in [7, 11) is 1.36. The fourth-order valence-electron chi connectivity index (χ4n) is 2.99. The Kier molecular flexibility index (Phi) is 5.56. The molecular formula is C19H19ClFNO3. The molecule has 1 aliphatic rings. The van der Waals surface area contributed by atoms with Crippen LogP contribution in [0.3, 0.4) is 0 Å². The number of nitrogens with zero attached hydrogens (tertiary/aromatic N) is 1. The highest BCUT2D eigenvalue weighted by molar-refractivity contribution is 6.31. The van der Waals surface area contributed by atoms with E-state index >= 15 is 0 Å². The summed E-state index contributed by atoms with van der Waals surface area (Å²) in [4.78, 5) is 14.5. The number of amides is 1. The number of methoxy groups -OCH3 is 1. The fourth-order valence-corrected chi connectivity index (χ4v) is 3.20. The molecule has 132 valence electrons. The Morgan fingerprint density at radius 3 is 2.88 bits per heavy atom. The van der Waals surface area contributed by atoms with Gasteiger partial charge in [-0.15, -0.1) is 0 Å². The number of carbonyl (C=O) groups excluding carboxylic acids is 1. The van der Waals surface area contributed by atoms with Crippen LogP contribution >= 0.6 is 11.6 Å². The van der Waals surface area contributed by atoms with Gasteiger partial charge in [-0.05, 0) is 23.8 Å². The minimum atomic E-state index is -0.547. The largest absolute Gasteiger partial charge is 0.493 e. The van der Waals surface area contributed by atoms with Crippen LogP contribution in [0.25, 0.3) is 0 Å². The number of hydrogen-bond donors (Lipinski definition) is 0. The Hall–Kier alpha value is -2.11. The van der Waals surface area contributed by atoms with Crippen LogP contribution in [0.4, 0.5) is 4.39 Å². The molecule has 0 aliphatic carbocycles. The molecule has 0 saturated carbocycles. The van der Waals surface area contributed by atoms with E-state index in [9.17, 15) is 9.18 Å². The fraction of sp³-hybridized carbons (Fsp3) is 0.316. The van der Waals surface area contributed by atoms with Crippen molar-refractivity contribution in [3.8, 4) is 5.75 Å². The maximum absolute atomic E-state index is 13.9. The maximum atomic E-state index is 13.9. The lowest BCUT2D eigenvalue weighted by Gasteiger charge is -2.33. The first-order valence-corrected chi connectivity index (χ1v) is 8.44. The summed E-state index contributed by atoms with van der Waals surface area (Å²) in [5.41, 5.74) is 1.20. The Morgan fingerprint density at radius 2 is 2.12 bits per heavy atom. The molecule has 0 bridgehead atoms. The lowest BCUT2D eigenvalue weighted by Crippen LogP contribution is -2.46. The molecule has 1 amide bonds. The summed E-state index contributed by atoms with van der Waals surface area (Å²) in [6, 6.07) is 11.9. The van der Waals surface area contributed by atoms with E-state index in [0.717, 1.165) is 5.56 Å². The first kappa shape index (κ1) is 17.7. The molecule has 1 heterocycles. The number of rotatable bonds is 4. The van der Waals surface area contributed by atoms with Gasteiger partial charge in [-0.3, -0.25) is 4.79 Å². The minimum absolute atomic E-state index is 0.0263. The van der Waals surface area contributed by atoms with E-state index in [2.05, 4.69) is 0 Å². The Bertz CT molecular complexity index is 768. The molecule has 0 spiro atoms. The average Bonchev–Trinajstić information content (AvgIpc) is 2.63. The van der Waals surface area contributed by atoms with E-state index < -0.39 is 5.82 Å². The van der Waals surface area contributed by atoms with Crippen molar-refractivity contribution in [1.29, 1.82) is 0 Å². The van der Waals surface area contributed by atoms with Crippen molar-refractivity contribution in [1.82, 2.24) is 4.90 Å². The molecule has 25 heavy (non-hydrogen) atoms. The standard InChI is InChI=1S/C19H19ClFNO3/c1-24-18-15(6-4-8-17(18)21)19(23)22-9-10-25-14(12-22)11-13-5-2-3-7-16(13)20/h2-8,14H,9-12H2,1H3. The Labute approximate surface area is 151 Å². The number of hydrogen-bond acceptors (Lipinski definition) is 3. The number of ether oxygens (including phenoxy) is 2. The van der Waals surface area contributed by atoms with E-state index in [4.69, 9.17) is 21.1 Å². The van der Waals surface area contributed by atoms with Gasteiger partial charge in [0.15, 0.2) is 11.6 Å². The summed E-state index contributed by atoms with van der Waals surface area (Å²) < 4.78 is 24.7. The first-order valence-electron chi connectivity index (χ1n) is 8.07. The van der Waals surface area contributed by atoms with Crippen molar-refractivity contribution >= 4 is 17.5 Å². The second kappa shape index (κ2) is 7.85. The molecule has 2 aromatic carbocycles. The molecule has 2 aromatic rings. The van der Waals surface area contributed by atoms with Gasteiger partial charge < -0.3 is 14.4 Å². The van der Waals surface area contributed by atoms with E-state index in [-0.39, 0.29) is 23.3 Å². The van der Waals surface area contributed by atoms with Crippen LogP contribution in [0.1, 0.15) is 15.9 Å². The summed E-state index contributed by atoms with van der Waals surface area (Å²) in [6.45, 7) is 1.31. The summed E-state index contributed by atoms with van der Waals surface area (Å²) in [6.07, 6.45) is 0.459. The van der Waals surface area contributed by atoms with Gasteiger partial charge in [-0.2, -0.15) is 0 Å². The molecule has 1 fully saturated rings. The number of para-hydroxylation sites is 1. The summed E-state index contributed by atoms with van der Waals surface area (Å²) in [5.74, 6) is -0.834. The number of morpholine rings is 1. The lowest BCUT2D eigenvalue weighted by molar-refractivity contribution is -0.0209. The highest BCUT2D eigenvalue weighted by atomic mass is 35.5. The van der Waals surface area contributed by atoms with Gasteiger partial charge in [0.1, 0.15) is 0 Å². The normalized spacial score (nSPS) is 17.4. The van der Waals surface area contributed by atoms with Crippen molar-refractivity contribution in [3.05, 3.63) is 64.4 Å². The monoisotopic (exact) mass is 363 g/mol. The maximum Gasteiger partial charge on any atom is 0.257 e. The van der Waals surface area contributed by atoms with Gasteiger partial charge in [0.25, 0.3) is 5.91 Å². The molecule has 0 N–H and O–H groups in total. The van der Waals surface area contributed by atoms with Crippen LogP contribution in [-0.4, -0.2) is 43.7 Å². The van der Waals surface area contributed by atoms with Crippen LogP contribution < -0.4 is 4.74 Å². The highest BCUT2D eigenvalue weighted by Crippen LogP contribution is 2.25. The number of carbonyl (C=O) groups is 1. The molecule has 4 nitrogen and oxygen atoms in total. The van der Waals surface area contributed by atoms with Crippen molar-refractivity contribution < 1.29 is 18.7 Å². The van der Waals surface area contributed by atoms with Crippen LogP contribution in [0, 0.1) is 5.82 Å². The van der Waals surface area contributed by atoms with Gasteiger partial charge in [-0.1, -0.05) is 35.9 Å². The molecule has 1 saturated heterocycles. The smallest absolute Gasteiger partial charge is 0.257 e. The van der Waals surface area contributed by atoms with Crippen molar-refractivity contribution in [2.24, 2.45) is 0 Å². The van der Waals surface area contributed by atoms with Crippen LogP contribution in [0.2, 0.25) is 5.02 Å². The predicted octanol–water partition coefficient (Wildman–Crippen LogP) is 3.57. The topological polar surface area (TPSA) is 38.8 Å². The number of halogens is 2. The lowest BCUT2D eigenvalue weighted by atomic mass is 10.1. The van der Waals surface area contributed by atoms with Gasteiger partial charge in [0.05, 0.1) is 25.4 Å². The zero-order valence-electron chi connectivity index (χ0n) is 13.9. The van der Waals surface area contributed by atoms with Crippen LogP contribution in [0.5, 0.6) is 5.75 Å². The quantitative estimate of drug-likeness (QED) is 0.833. The molecule has 0 radical (unpaired) electrons. The van der Waals surface area contributed by atoms with Crippen LogP contribution in [0.15, 0.2) is 42.5 Å². The third-order valence-corrected chi connectivity index (χ3v) is 4.60. The highest BCUT2D eigenvalue weighted by Gasteiger charge is 2.28. The van der Waals surface area contributed by atoms with Gasteiger partial charge >= 0.3 is 0 Å². The minimum Gasteiger partial charge on any atom is -0.493 e. The molecule has 3 rings (SSSR count). The summed E-state index contributed by atoms with van der Waals surface area (Å²) in [5, 5.41) is 0.682. The molecule has 1 unspecified atom stereocenters. The second-order valence-electron chi connectivity index (χ2n) is 5.86. The average molecular weight is 364 g/mol. The van der Waals surface area contributed by atoms with E-state index in [1.165, 1.54) is 19.2 Å². The van der Waals surface area contributed by atoms with Gasteiger partial charge in [0, 0.05) is 24.5 Å². The zero-order valence-corrected chi connectivity index (χ0v) is 14.6. The van der Waals surface area contributed by atoms with Gasteiger partial charge in [0.2, 0.25) is 0 Å². The van der Waals surface area contributed by atoms with Crippen LogP contribution in [-0.2, 0) is 11.2 Å². The predicted molar refractivity (Wildman–Crippen MR) is 93.8 cm³/mol. The molecule has 0 aromatic heterocycles. The van der Waals surface area contributed by atoms with Crippen molar-refractivity contribution in [2.75, 3.05) is 26.8 Å². The molecular weight excluding hydrogens is 345 g/mol. The Morgan fingerprint density at radius 1 is 1.32 bits per heavy atom. The molecule has 6 heteroatoms. The third kappa shape index (κ3) is 3.94. The van der Waals surface area contributed by atoms with E-state index in [1.807, 2.05) is 24.3 Å². The van der Waals surface area contributed by atoms with E-state index in [1.54, 1.807) is 11.0 Å². The second-order valence-corrected chi connectivity index (χ2v) is 6.27.